The van der Waals surface area contributed by atoms with E-state index in [0.29, 0.717) is 11.3 Å². The Bertz CT molecular complexity index is 791. The first-order chi connectivity index (χ1) is 11.2. The van der Waals surface area contributed by atoms with Crippen molar-refractivity contribution in [2.45, 2.75) is 0 Å². The molecule has 0 amide bonds. The molecule has 1 aliphatic heterocycles. The minimum absolute atomic E-state index is 0.257. The van der Waals surface area contributed by atoms with Crippen molar-refractivity contribution in [3.63, 3.8) is 0 Å². The van der Waals surface area contributed by atoms with Crippen LogP contribution < -0.4 is 9.47 Å². The normalized spacial score (nSPS) is 15.3. The van der Waals surface area contributed by atoms with E-state index in [2.05, 4.69) is 4.99 Å². The smallest absolute Gasteiger partial charge is 0.363 e. The van der Waals surface area contributed by atoms with Gasteiger partial charge >= 0.3 is 5.97 Å². The number of hydrogen-bond donors (Lipinski definition) is 0. The van der Waals surface area contributed by atoms with Gasteiger partial charge in [0.25, 0.3) is 0 Å². The highest BCUT2D eigenvalue weighted by Crippen LogP contribution is 2.22. The summed E-state index contributed by atoms with van der Waals surface area (Å²) in [4.78, 5) is 16.3. The van der Waals surface area contributed by atoms with Crippen molar-refractivity contribution in [3.8, 4) is 11.5 Å². The summed E-state index contributed by atoms with van der Waals surface area (Å²) in [6.07, 6.45) is 1.68. The second kappa shape index (κ2) is 6.36. The Kier molecular flexibility index (Phi) is 4.10. The fourth-order valence-electron chi connectivity index (χ4n) is 2.15. The third kappa shape index (κ3) is 3.23. The third-order valence-electron chi connectivity index (χ3n) is 3.36. The van der Waals surface area contributed by atoms with Crippen LogP contribution in [0, 0.1) is 0 Å². The van der Waals surface area contributed by atoms with Crippen molar-refractivity contribution >= 4 is 17.9 Å². The molecule has 0 aromatic heterocycles. The van der Waals surface area contributed by atoms with Crippen LogP contribution in [-0.2, 0) is 9.53 Å². The maximum absolute atomic E-state index is 12.0. The summed E-state index contributed by atoms with van der Waals surface area (Å²) >= 11 is 0. The zero-order chi connectivity index (χ0) is 16.2. The lowest BCUT2D eigenvalue weighted by Crippen LogP contribution is -2.05. The highest BCUT2D eigenvalue weighted by atomic mass is 16.6. The summed E-state index contributed by atoms with van der Waals surface area (Å²) < 4.78 is 15.5. The summed E-state index contributed by atoms with van der Waals surface area (Å²) in [5, 5.41) is 0. The quantitative estimate of drug-likeness (QED) is 0.643. The molecule has 2 aromatic carbocycles. The van der Waals surface area contributed by atoms with Gasteiger partial charge in [0.15, 0.2) is 5.70 Å². The molecule has 0 atom stereocenters. The topological polar surface area (TPSA) is 57.1 Å². The van der Waals surface area contributed by atoms with Crippen LogP contribution in [0.4, 0.5) is 0 Å². The summed E-state index contributed by atoms with van der Waals surface area (Å²) in [7, 11) is 3.18. The van der Waals surface area contributed by atoms with Crippen molar-refractivity contribution in [2.75, 3.05) is 14.2 Å². The van der Waals surface area contributed by atoms with E-state index >= 15 is 0 Å². The third-order valence-corrected chi connectivity index (χ3v) is 3.36. The number of nitrogens with zero attached hydrogens (tertiary/aromatic N) is 1. The molecule has 1 aliphatic rings. The van der Waals surface area contributed by atoms with E-state index in [-0.39, 0.29) is 11.6 Å². The molecule has 0 fully saturated rings. The molecular weight excluding hydrogens is 294 g/mol. The highest BCUT2D eigenvalue weighted by molar-refractivity contribution is 6.12. The number of ether oxygens (including phenoxy) is 3. The predicted molar refractivity (Wildman–Crippen MR) is 86.6 cm³/mol. The number of cyclic esters (lactones) is 1. The molecule has 0 bridgehead atoms. The van der Waals surface area contributed by atoms with Crippen molar-refractivity contribution in [1.29, 1.82) is 0 Å². The average Bonchev–Trinajstić information content (AvgIpc) is 2.96. The Balaban J connectivity index is 1.89. The number of aliphatic imine (C=N–C) groups is 1. The van der Waals surface area contributed by atoms with Crippen LogP contribution in [0.5, 0.6) is 11.5 Å². The van der Waals surface area contributed by atoms with Crippen molar-refractivity contribution < 1.29 is 19.0 Å². The molecule has 0 N–H and O–H groups in total. The Morgan fingerprint density at radius 3 is 2.43 bits per heavy atom. The number of carbonyl (C=O) groups excluding carboxylic acids is 1. The zero-order valence-electron chi connectivity index (χ0n) is 12.8. The van der Waals surface area contributed by atoms with E-state index < -0.39 is 5.97 Å². The fraction of sp³-hybridized carbons (Fsp3) is 0.111. The molecule has 5 nitrogen and oxygen atoms in total. The van der Waals surface area contributed by atoms with Crippen LogP contribution >= 0.6 is 0 Å². The van der Waals surface area contributed by atoms with Crippen LogP contribution in [0.15, 0.2) is 59.2 Å². The van der Waals surface area contributed by atoms with Gasteiger partial charge in [0.1, 0.15) is 11.5 Å². The molecule has 0 radical (unpaired) electrons. The van der Waals surface area contributed by atoms with E-state index in [0.717, 1.165) is 11.3 Å². The fourth-order valence-corrected chi connectivity index (χ4v) is 2.15. The molecule has 5 heteroatoms. The summed E-state index contributed by atoms with van der Waals surface area (Å²) in [5.74, 6) is 1.22. The summed E-state index contributed by atoms with van der Waals surface area (Å²) in [6.45, 7) is 0. The first kappa shape index (κ1) is 14.8. The Hall–Kier alpha value is -3.08. The molecule has 0 aliphatic carbocycles. The molecule has 0 spiro atoms. The highest BCUT2D eigenvalue weighted by Gasteiger charge is 2.24. The van der Waals surface area contributed by atoms with Gasteiger partial charge in [-0.15, -0.1) is 0 Å². The standard InChI is InChI=1S/C18H15NO4/c1-21-14-8-6-12(7-9-14)10-16-18(20)23-17(19-16)13-4-3-5-15(11-13)22-2/h3-11H,1-2H3. The van der Waals surface area contributed by atoms with Crippen molar-refractivity contribution in [3.05, 3.63) is 65.4 Å². The van der Waals surface area contributed by atoms with Gasteiger partial charge in [0, 0.05) is 5.56 Å². The molecule has 2 aromatic rings. The van der Waals surface area contributed by atoms with Gasteiger partial charge in [-0.1, -0.05) is 18.2 Å². The van der Waals surface area contributed by atoms with Crippen molar-refractivity contribution in [1.82, 2.24) is 0 Å². The number of rotatable bonds is 4. The minimum atomic E-state index is -0.473. The monoisotopic (exact) mass is 309 g/mol. The van der Waals surface area contributed by atoms with E-state index in [1.165, 1.54) is 0 Å². The number of benzene rings is 2. The second-order valence-corrected chi connectivity index (χ2v) is 4.84. The molecule has 3 rings (SSSR count). The van der Waals surface area contributed by atoms with Gasteiger partial charge in [0.05, 0.1) is 14.2 Å². The van der Waals surface area contributed by atoms with E-state index in [1.54, 1.807) is 26.4 Å². The van der Waals surface area contributed by atoms with Crippen LogP contribution in [0.1, 0.15) is 11.1 Å². The molecule has 0 saturated heterocycles. The second-order valence-electron chi connectivity index (χ2n) is 4.84. The largest absolute Gasteiger partial charge is 0.497 e. The van der Waals surface area contributed by atoms with Gasteiger partial charge < -0.3 is 14.2 Å². The molecule has 0 unspecified atom stereocenters. The minimum Gasteiger partial charge on any atom is -0.497 e. The predicted octanol–water partition coefficient (Wildman–Crippen LogP) is 3.05. The number of hydrogen-bond acceptors (Lipinski definition) is 5. The van der Waals surface area contributed by atoms with E-state index in [1.807, 2.05) is 42.5 Å². The van der Waals surface area contributed by atoms with Gasteiger partial charge in [-0.05, 0) is 42.0 Å². The lowest BCUT2D eigenvalue weighted by molar-refractivity contribution is -0.129. The number of methoxy groups -OCH3 is 2. The summed E-state index contributed by atoms with van der Waals surface area (Å²) in [5.41, 5.74) is 1.79. The maximum Gasteiger partial charge on any atom is 0.363 e. The average molecular weight is 309 g/mol. The molecular formula is C18H15NO4. The molecule has 116 valence electrons. The number of carbonyl (C=O) groups is 1. The van der Waals surface area contributed by atoms with Crippen LogP contribution in [-0.4, -0.2) is 26.1 Å². The van der Waals surface area contributed by atoms with Crippen LogP contribution in [0.3, 0.4) is 0 Å². The van der Waals surface area contributed by atoms with E-state index in [9.17, 15) is 4.79 Å². The van der Waals surface area contributed by atoms with E-state index in [4.69, 9.17) is 14.2 Å². The van der Waals surface area contributed by atoms with Crippen LogP contribution in [0.2, 0.25) is 0 Å². The molecule has 0 saturated carbocycles. The SMILES string of the molecule is COc1ccc(C=C2N=C(c3cccc(OC)c3)OC2=O)cc1. The maximum atomic E-state index is 12.0. The van der Waals surface area contributed by atoms with Gasteiger partial charge in [0.2, 0.25) is 5.90 Å². The van der Waals surface area contributed by atoms with Crippen molar-refractivity contribution in [2.24, 2.45) is 4.99 Å². The van der Waals surface area contributed by atoms with Gasteiger partial charge in [-0.3, -0.25) is 0 Å². The Morgan fingerprint density at radius 1 is 1.00 bits per heavy atom. The van der Waals surface area contributed by atoms with Gasteiger partial charge in [-0.2, -0.15) is 0 Å². The lowest BCUT2D eigenvalue weighted by Gasteiger charge is -2.02. The molecule has 1 heterocycles. The number of esters is 1. The van der Waals surface area contributed by atoms with Gasteiger partial charge in [-0.25, -0.2) is 9.79 Å². The first-order valence-electron chi connectivity index (χ1n) is 7.00. The first-order valence-corrected chi connectivity index (χ1v) is 7.00. The zero-order valence-corrected chi connectivity index (χ0v) is 12.8. The summed E-state index contributed by atoms with van der Waals surface area (Å²) in [6, 6.07) is 14.5. The Labute approximate surface area is 133 Å². The lowest BCUT2D eigenvalue weighted by atomic mass is 10.2. The molecule has 23 heavy (non-hydrogen) atoms. The Morgan fingerprint density at radius 2 is 1.74 bits per heavy atom. The van der Waals surface area contributed by atoms with Crippen LogP contribution in [0.25, 0.3) is 6.08 Å².